The quantitative estimate of drug-likeness (QED) is 0.754. The fraction of sp³-hybridized carbons (Fsp3) is 0.409. The van der Waals surface area contributed by atoms with E-state index in [1.165, 1.54) is 18.3 Å². The second-order valence-corrected chi connectivity index (χ2v) is 9.01. The molecule has 1 aromatic carbocycles. The molecule has 1 aromatic heterocycles. The number of amides is 2. The summed E-state index contributed by atoms with van der Waals surface area (Å²) in [5.41, 5.74) is 2.42. The van der Waals surface area contributed by atoms with Gasteiger partial charge in [0.2, 0.25) is 0 Å². The topological polar surface area (TPSA) is 86.7 Å². The molecule has 1 aliphatic carbocycles. The minimum Gasteiger partial charge on any atom is -0.393 e. The van der Waals surface area contributed by atoms with E-state index in [4.69, 9.17) is 0 Å². The average Bonchev–Trinajstić information content (AvgIpc) is 3.37. The first-order valence-electron chi connectivity index (χ1n) is 9.80. The van der Waals surface area contributed by atoms with Crippen LogP contribution in [0, 0.1) is 18.8 Å². The van der Waals surface area contributed by atoms with Gasteiger partial charge in [0, 0.05) is 29.7 Å². The average molecular weight is 413 g/mol. The molecule has 1 saturated heterocycles. The van der Waals surface area contributed by atoms with E-state index in [-0.39, 0.29) is 23.7 Å². The number of carbonyl (C=O) groups excluding carboxylic acids is 3. The third-order valence-electron chi connectivity index (χ3n) is 5.95. The Morgan fingerprint density at radius 1 is 1.10 bits per heavy atom. The summed E-state index contributed by atoms with van der Waals surface area (Å²) in [6, 6.07) is 6.92. The van der Waals surface area contributed by atoms with Gasteiger partial charge in [0.1, 0.15) is 0 Å². The fourth-order valence-corrected chi connectivity index (χ4v) is 5.13. The molecule has 3 atom stereocenters. The Kier molecular flexibility index (Phi) is 5.27. The molecule has 29 heavy (non-hydrogen) atoms. The normalized spacial score (nSPS) is 23.1. The standard InChI is InChI=1S/C22H24N2O4S/c1-12-3-4-14(22(28)24-9-15-5-18(26)6-16(15)10-24)7-19(12)23-21(27)17-8-20(13(2)25)29-11-17/h3-4,7-8,11,15-16,18,26H,5-6,9-10H2,1-2H3,(H,23,27)/t15-,16+,18?. The fourth-order valence-electron chi connectivity index (χ4n) is 4.34. The van der Waals surface area contributed by atoms with E-state index in [2.05, 4.69) is 5.32 Å². The number of aliphatic hydroxyl groups is 1. The Balaban J connectivity index is 1.48. The first-order chi connectivity index (χ1) is 13.8. The van der Waals surface area contributed by atoms with Gasteiger partial charge in [-0.25, -0.2) is 0 Å². The van der Waals surface area contributed by atoms with Crippen molar-refractivity contribution in [2.75, 3.05) is 18.4 Å². The van der Waals surface area contributed by atoms with Crippen molar-refractivity contribution in [3.05, 3.63) is 51.2 Å². The largest absolute Gasteiger partial charge is 0.393 e. The maximum atomic E-state index is 13.0. The van der Waals surface area contributed by atoms with Crippen LogP contribution in [0.3, 0.4) is 0 Å². The van der Waals surface area contributed by atoms with Crippen LogP contribution >= 0.6 is 11.3 Å². The lowest BCUT2D eigenvalue weighted by Crippen LogP contribution is -2.30. The van der Waals surface area contributed by atoms with Gasteiger partial charge >= 0.3 is 0 Å². The highest BCUT2D eigenvalue weighted by Gasteiger charge is 2.41. The highest BCUT2D eigenvalue weighted by Crippen LogP contribution is 2.38. The third kappa shape index (κ3) is 3.97. The van der Waals surface area contributed by atoms with Crippen molar-refractivity contribution in [1.29, 1.82) is 0 Å². The number of Topliss-reactive ketones (excluding diaryl/α,β-unsaturated/α-hetero) is 1. The molecular weight excluding hydrogens is 388 g/mol. The van der Waals surface area contributed by atoms with Crippen molar-refractivity contribution >= 4 is 34.6 Å². The number of hydrogen-bond donors (Lipinski definition) is 2. The summed E-state index contributed by atoms with van der Waals surface area (Å²) in [7, 11) is 0. The van der Waals surface area contributed by atoms with Crippen LogP contribution in [0.1, 0.15) is 55.7 Å². The van der Waals surface area contributed by atoms with E-state index < -0.39 is 0 Å². The van der Waals surface area contributed by atoms with Crippen LogP contribution in [0.4, 0.5) is 5.69 Å². The molecule has 1 unspecified atom stereocenters. The molecule has 1 saturated carbocycles. The van der Waals surface area contributed by atoms with Gasteiger partial charge in [-0.1, -0.05) is 6.07 Å². The predicted octanol–water partition coefficient (Wildman–Crippen LogP) is 3.35. The van der Waals surface area contributed by atoms with Gasteiger partial charge in [0.05, 0.1) is 16.5 Å². The molecular formula is C22H24N2O4S. The molecule has 6 nitrogen and oxygen atoms in total. The summed E-state index contributed by atoms with van der Waals surface area (Å²) in [5, 5.41) is 14.3. The number of rotatable bonds is 4. The zero-order valence-electron chi connectivity index (χ0n) is 16.5. The highest BCUT2D eigenvalue weighted by molar-refractivity contribution is 7.12. The number of aliphatic hydroxyl groups excluding tert-OH is 1. The van der Waals surface area contributed by atoms with Gasteiger partial charge in [-0.15, -0.1) is 11.3 Å². The van der Waals surface area contributed by atoms with Crippen molar-refractivity contribution in [2.45, 2.75) is 32.8 Å². The van der Waals surface area contributed by atoms with Crippen molar-refractivity contribution in [3.63, 3.8) is 0 Å². The van der Waals surface area contributed by atoms with E-state index in [0.717, 1.165) is 18.4 Å². The van der Waals surface area contributed by atoms with Crippen LogP contribution in [0.2, 0.25) is 0 Å². The number of likely N-dealkylation sites (tertiary alicyclic amines) is 1. The number of ketones is 1. The smallest absolute Gasteiger partial charge is 0.256 e. The minimum absolute atomic E-state index is 0.0428. The van der Waals surface area contributed by atoms with Gasteiger partial charge in [-0.05, 0) is 62.3 Å². The molecule has 2 aliphatic rings. The zero-order valence-corrected chi connectivity index (χ0v) is 17.3. The Morgan fingerprint density at radius 2 is 1.79 bits per heavy atom. The number of hydrogen-bond acceptors (Lipinski definition) is 5. The molecule has 0 radical (unpaired) electrons. The van der Waals surface area contributed by atoms with E-state index in [9.17, 15) is 19.5 Å². The molecule has 2 N–H and O–H groups in total. The number of fused-ring (bicyclic) bond motifs is 1. The molecule has 2 aromatic rings. The monoisotopic (exact) mass is 412 g/mol. The molecule has 7 heteroatoms. The van der Waals surface area contributed by atoms with E-state index in [0.29, 0.717) is 46.6 Å². The number of aryl methyl sites for hydroxylation is 1. The lowest BCUT2D eigenvalue weighted by molar-refractivity contribution is 0.0764. The van der Waals surface area contributed by atoms with Crippen molar-refractivity contribution in [3.8, 4) is 0 Å². The van der Waals surface area contributed by atoms with Gasteiger partial charge in [-0.3, -0.25) is 14.4 Å². The zero-order chi connectivity index (χ0) is 20.7. The summed E-state index contributed by atoms with van der Waals surface area (Å²) in [4.78, 5) is 39.4. The van der Waals surface area contributed by atoms with Crippen LogP contribution < -0.4 is 5.32 Å². The maximum absolute atomic E-state index is 13.0. The van der Waals surface area contributed by atoms with Gasteiger partial charge in [-0.2, -0.15) is 0 Å². The number of nitrogens with zero attached hydrogens (tertiary/aromatic N) is 1. The number of nitrogens with one attached hydrogen (secondary N) is 1. The second-order valence-electron chi connectivity index (χ2n) is 8.10. The Morgan fingerprint density at radius 3 is 2.41 bits per heavy atom. The Labute approximate surface area is 173 Å². The summed E-state index contributed by atoms with van der Waals surface area (Å²) >= 11 is 1.24. The van der Waals surface area contributed by atoms with E-state index in [1.807, 2.05) is 17.9 Å². The molecule has 1 aliphatic heterocycles. The van der Waals surface area contributed by atoms with Crippen molar-refractivity contribution in [1.82, 2.24) is 4.90 Å². The maximum Gasteiger partial charge on any atom is 0.256 e. The molecule has 152 valence electrons. The molecule has 2 amide bonds. The van der Waals surface area contributed by atoms with Crippen LogP contribution in [0.25, 0.3) is 0 Å². The Bertz CT molecular complexity index is 969. The highest BCUT2D eigenvalue weighted by atomic mass is 32.1. The second kappa shape index (κ2) is 7.72. The van der Waals surface area contributed by atoms with E-state index >= 15 is 0 Å². The van der Waals surface area contributed by atoms with E-state index in [1.54, 1.807) is 23.6 Å². The van der Waals surface area contributed by atoms with Crippen LogP contribution in [-0.2, 0) is 0 Å². The summed E-state index contributed by atoms with van der Waals surface area (Å²) in [6.45, 7) is 4.71. The molecule has 0 spiro atoms. The molecule has 2 heterocycles. The molecule has 0 bridgehead atoms. The predicted molar refractivity (Wildman–Crippen MR) is 112 cm³/mol. The number of benzene rings is 1. The molecule has 2 fully saturated rings. The number of anilines is 1. The van der Waals surface area contributed by atoms with Gasteiger partial charge < -0.3 is 15.3 Å². The summed E-state index contributed by atoms with van der Waals surface area (Å²) in [5.74, 6) is 0.353. The Hall–Kier alpha value is -2.51. The van der Waals surface area contributed by atoms with Gasteiger partial charge in [0.15, 0.2) is 5.78 Å². The van der Waals surface area contributed by atoms with Crippen molar-refractivity contribution < 1.29 is 19.5 Å². The number of thiophene rings is 1. The minimum atomic E-state index is -0.300. The summed E-state index contributed by atoms with van der Waals surface area (Å²) < 4.78 is 0. The lowest BCUT2D eigenvalue weighted by Gasteiger charge is -2.19. The lowest BCUT2D eigenvalue weighted by atomic mass is 10.0. The molecule has 4 rings (SSSR count). The SMILES string of the molecule is CC(=O)c1cc(C(=O)Nc2cc(C(=O)N3C[C@H]4CC(O)C[C@H]4C3)ccc2C)cs1. The van der Waals surface area contributed by atoms with Crippen LogP contribution in [-0.4, -0.2) is 46.8 Å². The van der Waals surface area contributed by atoms with Crippen molar-refractivity contribution in [2.24, 2.45) is 11.8 Å². The van der Waals surface area contributed by atoms with Crippen LogP contribution in [0.5, 0.6) is 0 Å². The first kappa shape index (κ1) is 19.8. The third-order valence-corrected chi connectivity index (χ3v) is 6.99. The first-order valence-corrected chi connectivity index (χ1v) is 10.7. The number of carbonyl (C=O) groups is 3. The van der Waals surface area contributed by atoms with Crippen LogP contribution in [0.15, 0.2) is 29.6 Å². The summed E-state index contributed by atoms with van der Waals surface area (Å²) in [6.07, 6.45) is 1.31. The van der Waals surface area contributed by atoms with Gasteiger partial charge in [0.25, 0.3) is 11.8 Å².